The third kappa shape index (κ3) is 3.86. The fraction of sp³-hybridized carbons (Fsp3) is 0.467. The molecule has 94 valence electrons. The highest BCUT2D eigenvalue weighted by Crippen LogP contribution is 2.28. The van der Waals surface area contributed by atoms with Crippen molar-refractivity contribution in [1.29, 1.82) is 0 Å². The van der Waals surface area contributed by atoms with Crippen molar-refractivity contribution in [3.63, 3.8) is 0 Å². The summed E-state index contributed by atoms with van der Waals surface area (Å²) in [6.45, 7) is 0. The molecule has 0 radical (unpaired) electrons. The first-order valence-electron chi connectivity index (χ1n) is 6.19. The number of hydrogen-bond acceptors (Lipinski definition) is 1. The molecule has 17 heavy (non-hydrogen) atoms. The van der Waals surface area contributed by atoms with Crippen molar-refractivity contribution in [3.05, 3.63) is 41.5 Å². The first kappa shape index (κ1) is 14.3. The molecule has 0 aromatic heterocycles. The standard InChI is InChI=1S/C15H21N.ClH/c1-16(2)15-11-7-6-10-14(15)12-13-8-4-3-5-9-13;/h3-5,8-9,12,15H,6-7,10-11H2,1-2H3;1H/b14-12+;. The predicted octanol–water partition coefficient (Wildman–Crippen LogP) is 4.00. The number of likely N-dealkylation sites (N-methyl/N-ethyl adjacent to an activating group) is 1. The van der Waals surface area contributed by atoms with Gasteiger partial charge in [-0.25, -0.2) is 0 Å². The zero-order chi connectivity index (χ0) is 11.4. The van der Waals surface area contributed by atoms with E-state index < -0.39 is 0 Å². The van der Waals surface area contributed by atoms with E-state index in [2.05, 4.69) is 55.4 Å². The monoisotopic (exact) mass is 251 g/mol. The molecular weight excluding hydrogens is 230 g/mol. The minimum atomic E-state index is 0. The van der Waals surface area contributed by atoms with E-state index in [0.29, 0.717) is 6.04 Å². The molecule has 0 saturated heterocycles. The van der Waals surface area contributed by atoms with Crippen molar-refractivity contribution in [2.75, 3.05) is 14.1 Å². The van der Waals surface area contributed by atoms with Gasteiger partial charge in [-0.05, 0) is 38.9 Å². The van der Waals surface area contributed by atoms with E-state index in [1.807, 2.05) is 0 Å². The van der Waals surface area contributed by atoms with E-state index in [4.69, 9.17) is 0 Å². The highest BCUT2D eigenvalue weighted by Gasteiger charge is 2.20. The number of halogens is 1. The molecule has 1 aromatic rings. The maximum atomic E-state index is 2.38. The Morgan fingerprint density at radius 2 is 1.82 bits per heavy atom. The summed E-state index contributed by atoms with van der Waals surface area (Å²) >= 11 is 0. The minimum Gasteiger partial charge on any atom is -0.303 e. The van der Waals surface area contributed by atoms with Crippen LogP contribution in [0, 0.1) is 0 Å². The quantitative estimate of drug-likeness (QED) is 0.768. The second-order valence-electron chi connectivity index (χ2n) is 4.86. The molecular formula is C15H22ClN. The van der Waals surface area contributed by atoms with Crippen molar-refractivity contribution in [2.24, 2.45) is 0 Å². The van der Waals surface area contributed by atoms with Crippen molar-refractivity contribution in [3.8, 4) is 0 Å². The normalized spacial score (nSPS) is 22.5. The molecule has 2 heteroatoms. The lowest BCUT2D eigenvalue weighted by Crippen LogP contribution is -2.31. The van der Waals surface area contributed by atoms with Gasteiger partial charge in [-0.3, -0.25) is 0 Å². The lowest BCUT2D eigenvalue weighted by atomic mass is 9.88. The molecule has 1 aliphatic rings. The van der Waals surface area contributed by atoms with Gasteiger partial charge in [-0.2, -0.15) is 0 Å². The largest absolute Gasteiger partial charge is 0.303 e. The summed E-state index contributed by atoms with van der Waals surface area (Å²) in [5.74, 6) is 0. The predicted molar refractivity (Wildman–Crippen MR) is 77.6 cm³/mol. The van der Waals surface area contributed by atoms with Crippen LogP contribution < -0.4 is 0 Å². The lowest BCUT2D eigenvalue weighted by molar-refractivity contribution is 0.285. The van der Waals surface area contributed by atoms with Gasteiger partial charge in [-0.1, -0.05) is 48.4 Å². The Hall–Kier alpha value is -0.790. The first-order chi connectivity index (χ1) is 7.77. The van der Waals surface area contributed by atoms with Crippen molar-refractivity contribution < 1.29 is 0 Å². The average Bonchev–Trinajstić information content (AvgIpc) is 2.31. The minimum absolute atomic E-state index is 0. The van der Waals surface area contributed by atoms with Crippen LogP contribution in [-0.2, 0) is 0 Å². The van der Waals surface area contributed by atoms with Crippen LogP contribution >= 0.6 is 12.4 Å². The number of nitrogens with zero attached hydrogens (tertiary/aromatic N) is 1. The summed E-state index contributed by atoms with van der Waals surface area (Å²) in [5.41, 5.74) is 2.94. The highest BCUT2D eigenvalue weighted by atomic mass is 35.5. The van der Waals surface area contributed by atoms with Crippen LogP contribution in [0.2, 0.25) is 0 Å². The third-order valence-electron chi connectivity index (χ3n) is 3.40. The van der Waals surface area contributed by atoms with Crippen LogP contribution in [-0.4, -0.2) is 25.0 Å². The van der Waals surface area contributed by atoms with E-state index in [1.165, 1.54) is 31.2 Å². The summed E-state index contributed by atoms with van der Waals surface area (Å²) in [5, 5.41) is 0. The Morgan fingerprint density at radius 3 is 2.47 bits per heavy atom. The molecule has 1 saturated carbocycles. The van der Waals surface area contributed by atoms with Crippen molar-refractivity contribution >= 4 is 18.5 Å². The molecule has 2 rings (SSSR count). The Bertz CT molecular complexity index is 356. The number of rotatable bonds is 2. The molecule has 1 unspecified atom stereocenters. The fourth-order valence-corrected chi connectivity index (χ4v) is 2.54. The van der Waals surface area contributed by atoms with Crippen LogP contribution in [0.4, 0.5) is 0 Å². The second-order valence-corrected chi connectivity index (χ2v) is 4.86. The smallest absolute Gasteiger partial charge is 0.0304 e. The molecule has 1 aliphatic carbocycles. The van der Waals surface area contributed by atoms with Gasteiger partial charge >= 0.3 is 0 Å². The third-order valence-corrected chi connectivity index (χ3v) is 3.40. The van der Waals surface area contributed by atoms with Crippen LogP contribution in [0.25, 0.3) is 6.08 Å². The van der Waals surface area contributed by atoms with E-state index in [0.717, 1.165) is 0 Å². The number of benzene rings is 1. The van der Waals surface area contributed by atoms with Gasteiger partial charge in [0.05, 0.1) is 0 Å². The Kier molecular flexibility index (Phi) is 5.73. The molecule has 0 bridgehead atoms. The van der Waals surface area contributed by atoms with Gasteiger partial charge in [0.25, 0.3) is 0 Å². The molecule has 1 atom stereocenters. The van der Waals surface area contributed by atoms with Gasteiger partial charge in [0, 0.05) is 6.04 Å². The zero-order valence-corrected chi connectivity index (χ0v) is 11.5. The van der Waals surface area contributed by atoms with Crippen molar-refractivity contribution in [2.45, 2.75) is 31.7 Å². The maximum Gasteiger partial charge on any atom is 0.0304 e. The summed E-state index contributed by atoms with van der Waals surface area (Å²) < 4.78 is 0. The highest BCUT2D eigenvalue weighted by molar-refractivity contribution is 5.85. The SMILES string of the molecule is CN(C)C1CCCC/C1=C\c1ccccc1.Cl. The summed E-state index contributed by atoms with van der Waals surface area (Å²) in [4.78, 5) is 2.36. The molecule has 0 N–H and O–H groups in total. The molecule has 0 heterocycles. The summed E-state index contributed by atoms with van der Waals surface area (Å²) in [6.07, 6.45) is 7.67. The molecule has 1 fully saturated rings. The Balaban J connectivity index is 0.00000144. The summed E-state index contributed by atoms with van der Waals surface area (Å²) in [6, 6.07) is 11.3. The molecule has 0 aliphatic heterocycles. The fourth-order valence-electron chi connectivity index (χ4n) is 2.54. The van der Waals surface area contributed by atoms with Gasteiger partial charge in [0.2, 0.25) is 0 Å². The zero-order valence-electron chi connectivity index (χ0n) is 10.7. The topological polar surface area (TPSA) is 3.24 Å². The van der Waals surface area contributed by atoms with Crippen LogP contribution in [0.5, 0.6) is 0 Å². The van der Waals surface area contributed by atoms with Crippen LogP contribution in [0.15, 0.2) is 35.9 Å². The van der Waals surface area contributed by atoms with Gasteiger partial charge in [0.1, 0.15) is 0 Å². The van der Waals surface area contributed by atoms with Gasteiger partial charge in [-0.15, -0.1) is 12.4 Å². The molecule has 0 spiro atoms. The van der Waals surface area contributed by atoms with E-state index in [-0.39, 0.29) is 12.4 Å². The summed E-state index contributed by atoms with van der Waals surface area (Å²) in [7, 11) is 4.38. The van der Waals surface area contributed by atoms with E-state index in [9.17, 15) is 0 Å². The Labute approximate surface area is 111 Å². The van der Waals surface area contributed by atoms with Crippen molar-refractivity contribution in [1.82, 2.24) is 4.90 Å². The average molecular weight is 252 g/mol. The van der Waals surface area contributed by atoms with E-state index >= 15 is 0 Å². The van der Waals surface area contributed by atoms with Crippen LogP contribution in [0.3, 0.4) is 0 Å². The lowest BCUT2D eigenvalue weighted by Gasteiger charge is -2.31. The van der Waals surface area contributed by atoms with E-state index in [1.54, 1.807) is 5.57 Å². The van der Waals surface area contributed by atoms with Crippen LogP contribution in [0.1, 0.15) is 31.2 Å². The first-order valence-corrected chi connectivity index (χ1v) is 6.19. The maximum absolute atomic E-state index is 2.38. The molecule has 1 nitrogen and oxygen atoms in total. The Morgan fingerprint density at radius 1 is 1.12 bits per heavy atom. The second kappa shape index (κ2) is 6.83. The molecule has 1 aromatic carbocycles. The van der Waals surface area contributed by atoms with Gasteiger partial charge < -0.3 is 4.90 Å². The van der Waals surface area contributed by atoms with Gasteiger partial charge in [0.15, 0.2) is 0 Å². The molecule has 0 amide bonds. The number of hydrogen-bond donors (Lipinski definition) is 0.